The van der Waals surface area contributed by atoms with Gasteiger partial charge in [0.05, 0.1) is 6.10 Å². The lowest BCUT2D eigenvalue weighted by Crippen LogP contribution is -2.10. The molecule has 4 heteroatoms. The van der Waals surface area contributed by atoms with Crippen LogP contribution in [0.2, 0.25) is 0 Å². The lowest BCUT2D eigenvalue weighted by Gasteiger charge is -2.12. The highest BCUT2D eigenvalue weighted by Gasteiger charge is 2.07. The SMILES string of the molecule is CCCCC[C@@H](CCCCCCC/C=C/C=C/C(=O)O)OO. The summed E-state index contributed by atoms with van der Waals surface area (Å²) in [5, 5.41) is 17.3. The third-order valence-corrected chi connectivity index (χ3v) is 3.66. The van der Waals surface area contributed by atoms with Gasteiger partial charge < -0.3 is 5.11 Å². The summed E-state index contributed by atoms with van der Waals surface area (Å²) in [6.07, 6.45) is 18.7. The number of carbonyl (C=O) groups is 1. The van der Waals surface area contributed by atoms with Gasteiger partial charge in [-0.2, -0.15) is 0 Å². The monoisotopic (exact) mass is 312 g/mol. The van der Waals surface area contributed by atoms with Gasteiger partial charge in [-0.15, -0.1) is 0 Å². The Morgan fingerprint density at radius 2 is 1.64 bits per heavy atom. The minimum absolute atomic E-state index is 0.00973. The molecule has 128 valence electrons. The highest BCUT2D eigenvalue weighted by Crippen LogP contribution is 2.14. The van der Waals surface area contributed by atoms with E-state index >= 15 is 0 Å². The van der Waals surface area contributed by atoms with Crippen molar-refractivity contribution in [3.63, 3.8) is 0 Å². The van der Waals surface area contributed by atoms with Crippen LogP contribution in [0.25, 0.3) is 0 Å². The Bertz CT molecular complexity index is 310. The summed E-state index contributed by atoms with van der Waals surface area (Å²) >= 11 is 0. The van der Waals surface area contributed by atoms with Crippen molar-refractivity contribution in [3.05, 3.63) is 24.3 Å². The zero-order valence-electron chi connectivity index (χ0n) is 13.9. The highest BCUT2D eigenvalue weighted by atomic mass is 17.1. The second-order valence-electron chi connectivity index (χ2n) is 5.69. The van der Waals surface area contributed by atoms with Crippen molar-refractivity contribution in [1.82, 2.24) is 0 Å². The molecule has 0 spiro atoms. The summed E-state index contributed by atoms with van der Waals surface area (Å²) in [4.78, 5) is 14.8. The van der Waals surface area contributed by atoms with Gasteiger partial charge in [0, 0.05) is 6.08 Å². The van der Waals surface area contributed by atoms with Crippen LogP contribution in [0.5, 0.6) is 0 Å². The Kier molecular flexibility index (Phi) is 15.4. The first-order chi connectivity index (χ1) is 10.7. The van der Waals surface area contributed by atoms with E-state index in [1.165, 1.54) is 32.1 Å². The summed E-state index contributed by atoms with van der Waals surface area (Å²) in [5.41, 5.74) is 0. The summed E-state index contributed by atoms with van der Waals surface area (Å²) in [7, 11) is 0. The molecular weight excluding hydrogens is 280 g/mol. The second kappa shape index (κ2) is 16.2. The van der Waals surface area contributed by atoms with Gasteiger partial charge in [0.25, 0.3) is 0 Å². The van der Waals surface area contributed by atoms with E-state index in [1.807, 2.05) is 6.08 Å². The van der Waals surface area contributed by atoms with Gasteiger partial charge in [0.15, 0.2) is 0 Å². The summed E-state index contributed by atoms with van der Waals surface area (Å²) in [5.74, 6) is -0.912. The van der Waals surface area contributed by atoms with Crippen LogP contribution in [0.1, 0.15) is 77.6 Å². The zero-order chi connectivity index (χ0) is 16.5. The Balaban J connectivity index is 3.39. The van der Waals surface area contributed by atoms with Gasteiger partial charge in [0.2, 0.25) is 0 Å². The maximum atomic E-state index is 10.2. The van der Waals surface area contributed by atoms with Crippen molar-refractivity contribution in [2.45, 2.75) is 83.7 Å². The Labute approximate surface area is 134 Å². The van der Waals surface area contributed by atoms with Gasteiger partial charge in [-0.05, 0) is 25.7 Å². The molecule has 0 saturated heterocycles. The van der Waals surface area contributed by atoms with Gasteiger partial charge in [-0.1, -0.05) is 70.1 Å². The third kappa shape index (κ3) is 15.3. The lowest BCUT2D eigenvalue weighted by molar-refractivity contribution is -0.281. The van der Waals surface area contributed by atoms with Gasteiger partial charge in [0.1, 0.15) is 0 Å². The molecule has 2 N–H and O–H groups in total. The quantitative estimate of drug-likeness (QED) is 0.141. The molecule has 0 aliphatic heterocycles. The predicted molar refractivity (Wildman–Crippen MR) is 89.9 cm³/mol. The molecule has 0 aromatic carbocycles. The van der Waals surface area contributed by atoms with E-state index in [1.54, 1.807) is 12.2 Å². The number of hydrogen-bond donors (Lipinski definition) is 2. The van der Waals surface area contributed by atoms with Crippen LogP contribution in [0.15, 0.2) is 24.3 Å². The molecule has 1 atom stereocenters. The predicted octanol–water partition coefficient (Wildman–Crippen LogP) is 5.35. The first-order valence-electron chi connectivity index (χ1n) is 8.57. The molecule has 0 aliphatic carbocycles. The van der Waals surface area contributed by atoms with Crippen molar-refractivity contribution in [2.75, 3.05) is 0 Å². The normalized spacial score (nSPS) is 13.2. The Morgan fingerprint density at radius 3 is 2.27 bits per heavy atom. The molecule has 0 fully saturated rings. The highest BCUT2D eigenvalue weighted by molar-refractivity contribution is 5.80. The number of allylic oxidation sites excluding steroid dienone is 3. The third-order valence-electron chi connectivity index (χ3n) is 3.66. The fourth-order valence-electron chi connectivity index (χ4n) is 2.35. The van der Waals surface area contributed by atoms with E-state index in [0.717, 1.165) is 44.6 Å². The number of hydrogen-bond acceptors (Lipinski definition) is 3. The van der Waals surface area contributed by atoms with E-state index in [-0.39, 0.29) is 6.10 Å². The van der Waals surface area contributed by atoms with Gasteiger partial charge >= 0.3 is 5.97 Å². The molecule has 4 nitrogen and oxygen atoms in total. The molecule has 0 aromatic rings. The van der Waals surface area contributed by atoms with E-state index < -0.39 is 5.97 Å². The molecule has 0 heterocycles. The fraction of sp³-hybridized carbons (Fsp3) is 0.722. The number of aliphatic carboxylic acids is 1. The number of carboxylic acid groups (broad SMARTS) is 1. The van der Waals surface area contributed by atoms with E-state index in [4.69, 9.17) is 10.4 Å². The van der Waals surface area contributed by atoms with Crippen LogP contribution < -0.4 is 0 Å². The molecule has 0 amide bonds. The maximum Gasteiger partial charge on any atom is 0.328 e. The average Bonchev–Trinajstić information content (AvgIpc) is 2.50. The molecule has 0 rings (SSSR count). The van der Waals surface area contributed by atoms with Gasteiger partial charge in [-0.25, -0.2) is 9.68 Å². The number of rotatable bonds is 15. The lowest BCUT2D eigenvalue weighted by atomic mass is 10.0. The minimum atomic E-state index is -0.912. The topological polar surface area (TPSA) is 66.8 Å². The first kappa shape index (κ1) is 20.9. The van der Waals surface area contributed by atoms with Crippen LogP contribution in [-0.2, 0) is 9.68 Å². The standard InChI is InChI=1S/C18H32O4/c1-2-3-11-14-17(22-21)15-12-9-7-5-4-6-8-10-13-16-18(19)20/h8,10,13,16-17,21H,2-7,9,11-12,14-15H2,1H3,(H,19,20)/b10-8+,16-13+/t17-/m0/s1. The van der Waals surface area contributed by atoms with E-state index in [9.17, 15) is 4.79 Å². The molecule has 22 heavy (non-hydrogen) atoms. The van der Waals surface area contributed by atoms with Crippen molar-refractivity contribution in [3.8, 4) is 0 Å². The molecular formula is C18H32O4. The van der Waals surface area contributed by atoms with E-state index in [2.05, 4.69) is 11.8 Å². The fourth-order valence-corrected chi connectivity index (χ4v) is 2.35. The van der Waals surface area contributed by atoms with Crippen LogP contribution in [0.3, 0.4) is 0 Å². The van der Waals surface area contributed by atoms with Crippen LogP contribution >= 0.6 is 0 Å². The smallest absolute Gasteiger partial charge is 0.328 e. The summed E-state index contributed by atoms with van der Waals surface area (Å²) in [6, 6.07) is 0. The minimum Gasteiger partial charge on any atom is -0.478 e. The summed E-state index contributed by atoms with van der Waals surface area (Å²) < 4.78 is 0. The Hall–Kier alpha value is -1.13. The Morgan fingerprint density at radius 1 is 1.00 bits per heavy atom. The van der Waals surface area contributed by atoms with Crippen LogP contribution in [0, 0.1) is 0 Å². The van der Waals surface area contributed by atoms with E-state index in [0.29, 0.717) is 0 Å². The molecule has 0 aromatic heterocycles. The zero-order valence-corrected chi connectivity index (χ0v) is 13.9. The average molecular weight is 312 g/mol. The van der Waals surface area contributed by atoms with Crippen molar-refractivity contribution >= 4 is 5.97 Å². The van der Waals surface area contributed by atoms with Crippen molar-refractivity contribution in [1.29, 1.82) is 0 Å². The van der Waals surface area contributed by atoms with Crippen molar-refractivity contribution < 1.29 is 20.0 Å². The number of carboxylic acids is 1. The molecule has 0 aliphatic rings. The van der Waals surface area contributed by atoms with Crippen molar-refractivity contribution in [2.24, 2.45) is 0 Å². The number of unbranched alkanes of at least 4 members (excludes halogenated alkanes) is 7. The van der Waals surface area contributed by atoms with Crippen LogP contribution in [0.4, 0.5) is 0 Å². The largest absolute Gasteiger partial charge is 0.478 e. The molecule has 0 radical (unpaired) electrons. The second-order valence-corrected chi connectivity index (χ2v) is 5.69. The molecule has 0 unspecified atom stereocenters. The van der Waals surface area contributed by atoms with Gasteiger partial charge in [-0.3, -0.25) is 5.26 Å². The maximum absolute atomic E-state index is 10.2. The first-order valence-corrected chi connectivity index (χ1v) is 8.57. The summed E-state index contributed by atoms with van der Waals surface area (Å²) in [6.45, 7) is 2.17. The van der Waals surface area contributed by atoms with Crippen LogP contribution in [-0.4, -0.2) is 22.4 Å². The molecule has 0 saturated carbocycles. The molecule has 0 bridgehead atoms.